The Bertz CT molecular complexity index is 296. The summed E-state index contributed by atoms with van der Waals surface area (Å²) < 4.78 is 0. The number of nitrogens with two attached hydrogens (primary N) is 1. The fourth-order valence-electron chi connectivity index (χ4n) is 1.80. The summed E-state index contributed by atoms with van der Waals surface area (Å²) in [7, 11) is 2.14. The summed E-state index contributed by atoms with van der Waals surface area (Å²) >= 11 is 0. The van der Waals surface area contributed by atoms with Gasteiger partial charge in [-0.1, -0.05) is 0 Å². The lowest BCUT2D eigenvalue weighted by Crippen LogP contribution is -2.31. The van der Waals surface area contributed by atoms with Crippen LogP contribution in [0.3, 0.4) is 0 Å². The fourth-order valence-corrected chi connectivity index (χ4v) is 1.80. The zero-order valence-electron chi connectivity index (χ0n) is 8.32. The predicted octanol–water partition coefficient (Wildman–Crippen LogP) is -0.107. The summed E-state index contributed by atoms with van der Waals surface area (Å²) in [6.07, 6.45) is 2.52. The van der Waals surface area contributed by atoms with E-state index in [1.165, 1.54) is 19.4 Å². The molecule has 6 nitrogen and oxygen atoms in total. The summed E-state index contributed by atoms with van der Waals surface area (Å²) in [5.74, 6) is 0.940. The zero-order chi connectivity index (χ0) is 9.97. The summed E-state index contributed by atoms with van der Waals surface area (Å²) in [6.45, 7) is 2.07. The maximum Gasteiger partial charge on any atom is 0.243 e. The first-order valence-corrected chi connectivity index (χ1v) is 4.87. The van der Waals surface area contributed by atoms with Crippen molar-refractivity contribution in [3.63, 3.8) is 0 Å². The highest BCUT2D eigenvalue weighted by Crippen LogP contribution is 2.14. The second-order valence-corrected chi connectivity index (χ2v) is 3.70. The fraction of sp³-hybridized carbons (Fsp3) is 0.750. The number of nitrogens with one attached hydrogen (secondary N) is 2. The molecule has 1 saturated heterocycles. The maximum absolute atomic E-state index is 5.41. The van der Waals surface area contributed by atoms with E-state index in [9.17, 15) is 0 Å². The Kier molecular flexibility index (Phi) is 2.53. The molecule has 1 fully saturated rings. The van der Waals surface area contributed by atoms with Crippen LogP contribution in [0.15, 0.2) is 0 Å². The average Bonchev–Trinajstić information content (AvgIpc) is 2.72. The third-order valence-electron chi connectivity index (χ3n) is 2.67. The molecule has 0 bridgehead atoms. The minimum Gasteiger partial charge on any atom is -0.368 e. The minimum atomic E-state index is 0.354. The molecule has 14 heavy (non-hydrogen) atoms. The smallest absolute Gasteiger partial charge is 0.243 e. The molecule has 6 heteroatoms. The van der Waals surface area contributed by atoms with Gasteiger partial charge in [0.15, 0.2) is 0 Å². The van der Waals surface area contributed by atoms with Crippen LogP contribution in [0.5, 0.6) is 0 Å². The van der Waals surface area contributed by atoms with Gasteiger partial charge in [-0.3, -0.25) is 0 Å². The molecule has 0 spiro atoms. The number of hydrogen-bond acceptors (Lipinski definition) is 5. The van der Waals surface area contributed by atoms with Crippen LogP contribution in [0.1, 0.15) is 12.8 Å². The number of nitrogen functional groups attached to an aromatic ring is 1. The van der Waals surface area contributed by atoms with Crippen LogP contribution in [0.2, 0.25) is 0 Å². The topological polar surface area (TPSA) is 82.9 Å². The quantitative estimate of drug-likeness (QED) is 0.628. The Balaban J connectivity index is 1.82. The van der Waals surface area contributed by atoms with Gasteiger partial charge in [0, 0.05) is 12.6 Å². The number of likely N-dealkylation sites (tertiary alicyclic amines) is 1. The van der Waals surface area contributed by atoms with Crippen LogP contribution in [-0.2, 0) is 0 Å². The molecule has 1 aliphatic heterocycles. The number of aromatic nitrogens is 3. The van der Waals surface area contributed by atoms with Crippen molar-refractivity contribution in [3.8, 4) is 0 Å². The number of nitrogens with zero attached hydrogens (tertiary/aromatic N) is 3. The van der Waals surface area contributed by atoms with Crippen LogP contribution in [-0.4, -0.2) is 46.3 Å². The third kappa shape index (κ3) is 1.95. The summed E-state index contributed by atoms with van der Waals surface area (Å²) in [4.78, 5) is 6.33. The number of anilines is 2. The molecule has 2 rings (SSSR count). The highest BCUT2D eigenvalue weighted by Gasteiger charge is 2.20. The average molecular weight is 196 g/mol. The van der Waals surface area contributed by atoms with Crippen LogP contribution >= 0.6 is 0 Å². The van der Waals surface area contributed by atoms with E-state index in [1.807, 2.05) is 0 Å². The van der Waals surface area contributed by atoms with E-state index < -0.39 is 0 Å². The van der Waals surface area contributed by atoms with Crippen molar-refractivity contribution < 1.29 is 0 Å². The van der Waals surface area contributed by atoms with Gasteiger partial charge in [-0.25, -0.2) is 5.10 Å². The van der Waals surface area contributed by atoms with Gasteiger partial charge in [0.25, 0.3) is 0 Å². The van der Waals surface area contributed by atoms with Crippen molar-refractivity contribution in [3.05, 3.63) is 0 Å². The Morgan fingerprint density at radius 2 is 2.57 bits per heavy atom. The molecule has 2 heterocycles. The van der Waals surface area contributed by atoms with Gasteiger partial charge in [0.2, 0.25) is 11.9 Å². The Morgan fingerprint density at radius 1 is 1.71 bits per heavy atom. The zero-order valence-corrected chi connectivity index (χ0v) is 8.32. The van der Waals surface area contributed by atoms with E-state index in [2.05, 4.69) is 32.4 Å². The first-order valence-electron chi connectivity index (χ1n) is 4.87. The van der Waals surface area contributed by atoms with Crippen molar-refractivity contribution >= 4 is 11.9 Å². The molecule has 1 aliphatic rings. The molecule has 0 amide bonds. The largest absolute Gasteiger partial charge is 0.368 e. The molecular weight excluding hydrogens is 180 g/mol. The molecule has 1 unspecified atom stereocenters. The first-order chi connectivity index (χ1) is 6.75. The lowest BCUT2D eigenvalue weighted by molar-refractivity contribution is 0.322. The molecule has 0 aliphatic carbocycles. The predicted molar refractivity (Wildman–Crippen MR) is 54.9 cm³/mol. The Hall–Kier alpha value is -1.30. The van der Waals surface area contributed by atoms with E-state index in [-0.39, 0.29) is 0 Å². The Morgan fingerprint density at radius 3 is 3.14 bits per heavy atom. The van der Waals surface area contributed by atoms with Gasteiger partial charge in [-0.15, -0.1) is 5.10 Å². The molecule has 0 saturated carbocycles. The highest BCUT2D eigenvalue weighted by molar-refractivity contribution is 5.29. The van der Waals surface area contributed by atoms with Crippen molar-refractivity contribution in [2.24, 2.45) is 0 Å². The number of likely N-dealkylation sites (N-methyl/N-ethyl adjacent to an activating group) is 1. The summed E-state index contributed by atoms with van der Waals surface area (Å²) in [5, 5.41) is 9.67. The lowest BCUT2D eigenvalue weighted by Gasteiger charge is -2.18. The van der Waals surface area contributed by atoms with Crippen molar-refractivity contribution in [1.29, 1.82) is 0 Å². The lowest BCUT2D eigenvalue weighted by atomic mass is 10.2. The molecule has 0 aromatic carbocycles. The number of rotatable bonds is 3. The van der Waals surface area contributed by atoms with E-state index in [0.29, 0.717) is 17.9 Å². The van der Waals surface area contributed by atoms with E-state index >= 15 is 0 Å². The second-order valence-electron chi connectivity index (χ2n) is 3.70. The van der Waals surface area contributed by atoms with Crippen LogP contribution in [0, 0.1) is 0 Å². The van der Waals surface area contributed by atoms with Crippen LogP contribution in [0.25, 0.3) is 0 Å². The Labute approximate surface area is 82.9 Å². The minimum absolute atomic E-state index is 0.354. The molecule has 1 atom stereocenters. The SMILES string of the molecule is CN1CCCC1CNc1n[nH]c(N)n1. The van der Waals surface area contributed by atoms with Gasteiger partial charge < -0.3 is 16.0 Å². The van der Waals surface area contributed by atoms with Crippen LogP contribution in [0.4, 0.5) is 11.9 Å². The van der Waals surface area contributed by atoms with Gasteiger partial charge in [-0.2, -0.15) is 4.98 Å². The highest BCUT2D eigenvalue weighted by atomic mass is 15.3. The monoisotopic (exact) mass is 196 g/mol. The van der Waals surface area contributed by atoms with Crippen molar-refractivity contribution in [2.75, 3.05) is 31.2 Å². The normalized spacial score (nSPS) is 22.8. The summed E-state index contributed by atoms with van der Waals surface area (Å²) in [6, 6.07) is 0.592. The molecule has 78 valence electrons. The molecular formula is C8H16N6. The standard InChI is InChI=1S/C8H16N6/c1-14-4-2-3-6(14)5-10-8-11-7(9)12-13-8/h6H,2-5H2,1H3,(H4,9,10,11,12,13). The number of H-pyrrole nitrogens is 1. The van der Waals surface area contributed by atoms with Gasteiger partial charge in [-0.05, 0) is 26.4 Å². The first kappa shape index (κ1) is 9.26. The molecule has 1 aromatic heterocycles. The summed E-state index contributed by atoms with van der Waals surface area (Å²) in [5.41, 5.74) is 5.41. The van der Waals surface area contributed by atoms with Gasteiger partial charge in [0.1, 0.15) is 0 Å². The number of hydrogen-bond donors (Lipinski definition) is 3. The second kappa shape index (κ2) is 3.83. The van der Waals surface area contributed by atoms with E-state index in [4.69, 9.17) is 5.73 Å². The molecule has 1 aromatic rings. The van der Waals surface area contributed by atoms with E-state index in [0.717, 1.165) is 6.54 Å². The van der Waals surface area contributed by atoms with E-state index in [1.54, 1.807) is 0 Å². The van der Waals surface area contributed by atoms with Gasteiger partial charge in [0.05, 0.1) is 0 Å². The van der Waals surface area contributed by atoms with Crippen molar-refractivity contribution in [1.82, 2.24) is 20.1 Å². The van der Waals surface area contributed by atoms with Gasteiger partial charge >= 0.3 is 0 Å². The van der Waals surface area contributed by atoms with Crippen molar-refractivity contribution in [2.45, 2.75) is 18.9 Å². The maximum atomic E-state index is 5.41. The molecule has 0 radical (unpaired) electrons. The number of aromatic amines is 1. The molecule has 4 N–H and O–H groups in total. The third-order valence-corrected chi connectivity index (χ3v) is 2.67. The van der Waals surface area contributed by atoms with Crippen LogP contribution < -0.4 is 11.1 Å².